The van der Waals surface area contributed by atoms with Crippen LogP contribution in [0.3, 0.4) is 0 Å². The van der Waals surface area contributed by atoms with Gasteiger partial charge in [0.15, 0.2) is 0 Å². The number of nitrogens with one attached hydrogen (secondary N) is 3. The lowest BCUT2D eigenvalue weighted by Crippen LogP contribution is -2.37. The van der Waals surface area contributed by atoms with Gasteiger partial charge in [-0.2, -0.15) is 0 Å². The molecule has 0 heterocycles. The minimum Gasteiger partial charge on any atom is -0.337 e. The lowest BCUT2D eigenvalue weighted by molar-refractivity contribution is 0.242. The molecule has 0 spiro atoms. The minimum atomic E-state index is -0.0855. The molecule has 21 heavy (non-hydrogen) atoms. The standard InChI is InChI=1S/C12H26N4OS4/c1-2-4-14-5-9-19-21-11-7-16-12(17)15-6-10-20-18-8-3-13/h2,14H,1,3-11,13H2,(H2,15,16,17). The molecule has 0 aromatic heterocycles. The van der Waals surface area contributed by atoms with Crippen LogP contribution < -0.4 is 21.7 Å². The van der Waals surface area contributed by atoms with E-state index >= 15 is 0 Å². The van der Waals surface area contributed by atoms with E-state index in [2.05, 4.69) is 22.5 Å². The highest BCUT2D eigenvalue weighted by atomic mass is 33.1. The van der Waals surface area contributed by atoms with E-state index in [0.29, 0.717) is 19.6 Å². The molecule has 0 unspecified atom stereocenters. The summed E-state index contributed by atoms with van der Waals surface area (Å²) < 4.78 is 0. The van der Waals surface area contributed by atoms with Crippen molar-refractivity contribution in [1.82, 2.24) is 16.0 Å². The summed E-state index contributed by atoms with van der Waals surface area (Å²) >= 11 is 0. The van der Waals surface area contributed by atoms with Crippen molar-refractivity contribution in [1.29, 1.82) is 0 Å². The van der Waals surface area contributed by atoms with Gasteiger partial charge in [0, 0.05) is 55.7 Å². The fourth-order valence-electron chi connectivity index (χ4n) is 1.08. The predicted molar refractivity (Wildman–Crippen MR) is 103 cm³/mol. The number of carbonyl (C=O) groups is 1. The molecule has 0 rings (SSSR count). The van der Waals surface area contributed by atoms with E-state index in [9.17, 15) is 4.79 Å². The van der Waals surface area contributed by atoms with Crippen molar-refractivity contribution in [3.8, 4) is 0 Å². The van der Waals surface area contributed by atoms with E-state index in [1.807, 2.05) is 16.9 Å². The third kappa shape index (κ3) is 18.3. The first-order valence-electron chi connectivity index (χ1n) is 6.83. The fraction of sp³-hybridized carbons (Fsp3) is 0.750. The van der Waals surface area contributed by atoms with Crippen LogP contribution in [0.1, 0.15) is 0 Å². The van der Waals surface area contributed by atoms with Crippen LogP contribution in [0.4, 0.5) is 4.79 Å². The monoisotopic (exact) mass is 370 g/mol. The van der Waals surface area contributed by atoms with E-state index in [4.69, 9.17) is 5.73 Å². The summed E-state index contributed by atoms with van der Waals surface area (Å²) in [5.74, 6) is 3.83. The topological polar surface area (TPSA) is 79.2 Å². The molecule has 0 aliphatic heterocycles. The molecule has 0 aliphatic rings. The molecule has 124 valence electrons. The molecule has 0 bridgehead atoms. The molecule has 0 aromatic rings. The van der Waals surface area contributed by atoms with Gasteiger partial charge < -0.3 is 21.7 Å². The van der Waals surface area contributed by atoms with Gasteiger partial charge in [0.25, 0.3) is 0 Å². The maximum Gasteiger partial charge on any atom is 0.314 e. The Hall–Kier alpha value is 0.330. The summed E-state index contributed by atoms with van der Waals surface area (Å²) in [5, 5.41) is 8.92. The lowest BCUT2D eigenvalue weighted by Gasteiger charge is -2.07. The molecule has 0 saturated carbocycles. The molecule has 5 N–H and O–H groups in total. The van der Waals surface area contributed by atoms with Crippen molar-refractivity contribution in [2.75, 3.05) is 55.7 Å². The molecule has 0 aliphatic carbocycles. The van der Waals surface area contributed by atoms with Crippen molar-refractivity contribution in [2.24, 2.45) is 5.73 Å². The zero-order chi connectivity index (χ0) is 15.6. The average Bonchev–Trinajstić information content (AvgIpc) is 2.49. The number of nitrogens with two attached hydrogens (primary N) is 1. The Bertz CT molecular complexity index is 259. The van der Waals surface area contributed by atoms with Crippen LogP contribution in [-0.4, -0.2) is 61.8 Å². The van der Waals surface area contributed by atoms with E-state index in [-0.39, 0.29) is 6.03 Å². The Morgan fingerprint density at radius 2 is 1.48 bits per heavy atom. The summed E-state index contributed by atoms with van der Waals surface area (Å²) in [5.41, 5.74) is 5.39. The van der Waals surface area contributed by atoms with Gasteiger partial charge in [-0.05, 0) is 0 Å². The minimum absolute atomic E-state index is 0.0855. The molecule has 9 heteroatoms. The second kappa shape index (κ2) is 18.4. The normalized spacial score (nSPS) is 10.3. The van der Waals surface area contributed by atoms with Crippen molar-refractivity contribution >= 4 is 49.2 Å². The van der Waals surface area contributed by atoms with Gasteiger partial charge in [0.2, 0.25) is 0 Å². The zero-order valence-corrected chi connectivity index (χ0v) is 15.5. The van der Waals surface area contributed by atoms with Crippen LogP contribution in [0.25, 0.3) is 0 Å². The van der Waals surface area contributed by atoms with Gasteiger partial charge in [-0.25, -0.2) is 4.79 Å². The van der Waals surface area contributed by atoms with Gasteiger partial charge in [-0.1, -0.05) is 49.3 Å². The molecular weight excluding hydrogens is 344 g/mol. The molecule has 2 amide bonds. The Kier molecular flexibility index (Phi) is 18.7. The predicted octanol–water partition coefficient (Wildman–Crippen LogP) is 1.78. The largest absolute Gasteiger partial charge is 0.337 e. The molecule has 0 aromatic carbocycles. The van der Waals surface area contributed by atoms with Crippen molar-refractivity contribution in [3.63, 3.8) is 0 Å². The molecule has 0 radical (unpaired) electrons. The molecule has 0 saturated heterocycles. The first kappa shape index (κ1) is 21.3. The van der Waals surface area contributed by atoms with Gasteiger partial charge in [0.1, 0.15) is 0 Å². The second-order valence-electron chi connectivity index (χ2n) is 3.75. The summed E-state index contributed by atoms with van der Waals surface area (Å²) in [6, 6.07) is -0.0855. The van der Waals surface area contributed by atoms with Crippen LogP contribution in [0.5, 0.6) is 0 Å². The summed E-state index contributed by atoms with van der Waals surface area (Å²) in [7, 11) is 7.08. The Morgan fingerprint density at radius 3 is 2.00 bits per heavy atom. The highest BCUT2D eigenvalue weighted by Crippen LogP contribution is 2.19. The molecule has 0 fully saturated rings. The summed E-state index contributed by atoms with van der Waals surface area (Å²) in [6.45, 7) is 7.57. The average molecular weight is 371 g/mol. The van der Waals surface area contributed by atoms with Crippen molar-refractivity contribution in [2.45, 2.75) is 0 Å². The van der Waals surface area contributed by atoms with Gasteiger partial charge in [0.05, 0.1) is 0 Å². The maximum atomic E-state index is 11.4. The van der Waals surface area contributed by atoms with Crippen LogP contribution >= 0.6 is 43.2 Å². The molecule has 5 nitrogen and oxygen atoms in total. The first-order chi connectivity index (χ1) is 10.3. The SMILES string of the molecule is C=CCNCCSSCCNC(=O)NCCSSCCN. The third-order valence-corrected chi connectivity index (χ3v) is 6.81. The smallest absolute Gasteiger partial charge is 0.314 e. The summed E-state index contributed by atoms with van der Waals surface area (Å²) in [6.07, 6.45) is 1.86. The number of hydrogen-bond acceptors (Lipinski definition) is 7. The number of rotatable bonds is 15. The Balaban J connectivity index is 3.14. The highest BCUT2D eigenvalue weighted by molar-refractivity contribution is 8.77. The highest BCUT2D eigenvalue weighted by Gasteiger charge is 1.99. The van der Waals surface area contributed by atoms with Crippen LogP contribution in [-0.2, 0) is 0 Å². The number of amides is 2. The fourth-order valence-corrected chi connectivity index (χ4v) is 4.70. The van der Waals surface area contributed by atoms with Gasteiger partial charge in [-0.15, -0.1) is 6.58 Å². The maximum absolute atomic E-state index is 11.4. The van der Waals surface area contributed by atoms with E-state index in [1.165, 1.54) is 0 Å². The first-order valence-corrected chi connectivity index (χ1v) is 11.8. The van der Waals surface area contributed by atoms with Crippen LogP contribution in [0, 0.1) is 0 Å². The van der Waals surface area contributed by atoms with E-state index < -0.39 is 0 Å². The number of hydrogen-bond donors (Lipinski definition) is 4. The van der Waals surface area contributed by atoms with Crippen molar-refractivity contribution < 1.29 is 4.79 Å². The number of carbonyl (C=O) groups excluding carboxylic acids is 1. The second-order valence-corrected chi connectivity index (χ2v) is 9.16. The Labute approximate surface area is 144 Å². The lowest BCUT2D eigenvalue weighted by atomic mass is 10.6. The van der Waals surface area contributed by atoms with Crippen molar-refractivity contribution in [3.05, 3.63) is 12.7 Å². The van der Waals surface area contributed by atoms with Gasteiger partial charge >= 0.3 is 6.03 Å². The van der Waals surface area contributed by atoms with Crippen LogP contribution in [0.2, 0.25) is 0 Å². The van der Waals surface area contributed by atoms with Crippen LogP contribution in [0.15, 0.2) is 12.7 Å². The summed E-state index contributed by atoms with van der Waals surface area (Å²) in [4.78, 5) is 11.4. The third-order valence-electron chi connectivity index (χ3n) is 1.96. The zero-order valence-electron chi connectivity index (χ0n) is 12.3. The Morgan fingerprint density at radius 1 is 0.952 bits per heavy atom. The molecular formula is C12H26N4OS4. The molecule has 0 atom stereocenters. The van der Waals surface area contributed by atoms with E-state index in [0.717, 1.165) is 36.1 Å². The number of urea groups is 1. The van der Waals surface area contributed by atoms with E-state index in [1.54, 1.807) is 32.4 Å². The van der Waals surface area contributed by atoms with Gasteiger partial charge in [-0.3, -0.25) is 0 Å². The quantitative estimate of drug-likeness (QED) is 0.199.